The van der Waals surface area contributed by atoms with E-state index in [1.807, 2.05) is 13.1 Å². The molecule has 2 aromatic rings. The van der Waals surface area contributed by atoms with Crippen LogP contribution in [0.15, 0.2) is 18.3 Å². The van der Waals surface area contributed by atoms with E-state index in [-0.39, 0.29) is 41.2 Å². The first-order valence-electron chi connectivity index (χ1n) is 11.7. The van der Waals surface area contributed by atoms with E-state index < -0.39 is 5.60 Å². The molecule has 1 aromatic heterocycles. The van der Waals surface area contributed by atoms with Crippen LogP contribution in [0.4, 0.5) is 4.39 Å². The number of amides is 1. The van der Waals surface area contributed by atoms with Crippen LogP contribution in [0.1, 0.15) is 76.7 Å². The van der Waals surface area contributed by atoms with Crippen LogP contribution < -0.4 is 4.74 Å². The zero-order valence-electron chi connectivity index (χ0n) is 18.3. The van der Waals surface area contributed by atoms with Crippen LogP contribution in [-0.4, -0.2) is 44.7 Å². The molecule has 3 atom stereocenters. The van der Waals surface area contributed by atoms with Gasteiger partial charge >= 0.3 is 0 Å². The highest BCUT2D eigenvalue weighted by molar-refractivity contribution is 5.91. The number of hydrogen-bond donors (Lipinski definition) is 2. The van der Waals surface area contributed by atoms with Crippen LogP contribution in [0.3, 0.4) is 0 Å². The summed E-state index contributed by atoms with van der Waals surface area (Å²) >= 11 is 0. The van der Waals surface area contributed by atoms with Gasteiger partial charge < -0.3 is 19.7 Å². The van der Waals surface area contributed by atoms with Crippen molar-refractivity contribution in [1.82, 2.24) is 9.88 Å². The summed E-state index contributed by atoms with van der Waals surface area (Å²) in [4.78, 5) is 18.8. The summed E-state index contributed by atoms with van der Waals surface area (Å²) in [6, 6.07) is 3.47. The number of benzene rings is 1. The summed E-state index contributed by atoms with van der Waals surface area (Å²) in [6.45, 7) is 4.31. The highest BCUT2D eigenvalue weighted by Crippen LogP contribution is 2.57. The largest absolute Gasteiger partial charge is 0.487 e. The molecule has 3 unspecified atom stereocenters. The maximum absolute atomic E-state index is 14.6. The van der Waals surface area contributed by atoms with Gasteiger partial charge in [-0.3, -0.25) is 4.79 Å². The quantitative estimate of drug-likeness (QED) is 0.732. The fourth-order valence-corrected chi connectivity index (χ4v) is 7.03. The van der Waals surface area contributed by atoms with Gasteiger partial charge in [-0.05, 0) is 74.0 Å². The Morgan fingerprint density at radius 2 is 2.00 bits per heavy atom. The molecule has 1 aromatic carbocycles. The number of carbonyl (C=O) groups excluding carboxylic acids is 1. The number of H-pyrrole nitrogens is 1. The predicted octanol–water partition coefficient (Wildman–Crippen LogP) is 4.64. The number of nitrogens with zero attached hydrogens (tertiary/aromatic N) is 1. The average Bonchev–Trinajstić information content (AvgIpc) is 3.37. The van der Waals surface area contributed by atoms with Crippen molar-refractivity contribution >= 4 is 16.8 Å². The summed E-state index contributed by atoms with van der Waals surface area (Å²) in [5.74, 6) is 0.0788. The van der Waals surface area contributed by atoms with Crippen LogP contribution in [0.25, 0.3) is 10.9 Å². The predicted molar refractivity (Wildman–Crippen MR) is 116 cm³/mol. The monoisotopic (exact) mass is 426 g/mol. The third kappa shape index (κ3) is 3.17. The maximum Gasteiger partial charge on any atom is 0.223 e. The van der Waals surface area contributed by atoms with Gasteiger partial charge in [0.25, 0.3) is 0 Å². The van der Waals surface area contributed by atoms with E-state index in [0.717, 1.165) is 48.6 Å². The first kappa shape index (κ1) is 19.6. The van der Waals surface area contributed by atoms with E-state index in [2.05, 4.69) is 16.8 Å². The van der Waals surface area contributed by atoms with E-state index in [4.69, 9.17) is 4.74 Å². The SMILES string of the molecule is CC(CC(=O)N1C2CC3(C)CC1CC(O)(C2)C3)c1c[nH]c2ccc(F)c(OC3CC3)c12. The molecule has 7 rings (SSSR count). The summed E-state index contributed by atoms with van der Waals surface area (Å²) in [6.07, 6.45) is 8.58. The third-order valence-electron chi connectivity index (χ3n) is 8.12. The molecule has 5 nitrogen and oxygen atoms in total. The fraction of sp³-hybridized carbons (Fsp3) is 0.640. The minimum atomic E-state index is -0.591. The number of fused-ring (bicyclic) bond motifs is 1. The van der Waals surface area contributed by atoms with Crippen molar-refractivity contribution in [3.05, 3.63) is 29.7 Å². The second-order valence-electron chi connectivity index (χ2n) is 11.1. The van der Waals surface area contributed by atoms with Gasteiger partial charge in [-0.15, -0.1) is 0 Å². The van der Waals surface area contributed by atoms with Gasteiger partial charge in [0.15, 0.2) is 11.6 Å². The standard InChI is InChI=1S/C25H31FN2O3/c1-14(18-12-27-20-6-5-19(26)23(22(18)20)31-17-3-4-17)7-21(29)28-15-8-24(2)9-16(28)11-25(30,10-15)13-24/h5-6,12,14-17,27,30H,3-4,7-11,13H2,1-2H3. The number of halogens is 1. The first-order valence-corrected chi connectivity index (χ1v) is 11.7. The third-order valence-corrected chi connectivity index (χ3v) is 8.12. The lowest BCUT2D eigenvalue weighted by Crippen LogP contribution is -2.68. The summed E-state index contributed by atoms with van der Waals surface area (Å²) < 4.78 is 20.5. The Hall–Kier alpha value is -2.08. The van der Waals surface area contributed by atoms with E-state index in [0.29, 0.717) is 25.0 Å². The Morgan fingerprint density at radius 1 is 1.29 bits per heavy atom. The van der Waals surface area contributed by atoms with Crippen molar-refractivity contribution in [1.29, 1.82) is 0 Å². The summed E-state index contributed by atoms with van der Waals surface area (Å²) in [5.41, 5.74) is 1.35. The number of rotatable bonds is 5. The number of hydrogen-bond acceptors (Lipinski definition) is 3. The van der Waals surface area contributed by atoms with Gasteiger partial charge in [0.1, 0.15) is 0 Å². The van der Waals surface area contributed by atoms with Crippen molar-refractivity contribution in [2.75, 3.05) is 0 Å². The van der Waals surface area contributed by atoms with Crippen molar-refractivity contribution in [2.24, 2.45) is 5.41 Å². The molecule has 2 saturated heterocycles. The Kier molecular flexibility index (Phi) is 4.09. The minimum Gasteiger partial charge on any atom is -0.487 e. The topological polar surface area (TPSA) is 65.6 Å². The Bertz CT molecular complexity index is 1020. The second-order valence-corrected chi connectivity index (χ2v) is 11.1. The number of ether oxygens (including phenoxy) is 1. The van der Waals surface area contributed by atoms with Crippen LogP contribution in [-0.2, 0) is 4.79 Å². The molecule has 3 heterocycles. The van der Waals surface area contributed by atoms with Crippen LogP contribution in [0, 0.1) is 11.2 Å². The number of aromatic nitrogens is 1. The molecule has 166 valence electrons. The molecule has 0 spiro atoms. The lowest BCUT2D eigenvalue weighted by molar-refractivity contribution is -0.193. The van der Waals surface area contributed by atoms with Crippen LogP contribution in [0.5, 0.6) is 5.75 Å². The van der Waals surface area contributed by atoms with E-state index in [1.165, 1.54) is 6.07 Å². The van der Waals surface area contributed by atoms with Crippen LogP contribution >= 0.6 is 0 Å². The van der Waals surface area contributed by atoms with E-state index in [9.17, 15) is 14.3 Å². The molecule has 3 aliphatic carbocycles. The second kappa shape index (κ2) is 6.47. The zero-order chi connectivity index (χ0) is 21.5. The van der Waals surface area contributed by atoms with Gasteiger partial charge in [0, 0.05) is 35.6 Å². The molecule has 1 amide bonds. The molecule has 3 saturated carbocycles. The molecular weight excluding hydrogens is 395 g/mol. The van der Waals surface area contributed by atoms with Crippen molar-refractivity contribution in [3.63, 3.8) is 0 Å². The number of aliphatic hydroxyl groups is 1. The molecule has 0 radical (unpaired) electrons. The Balaban J connectivity index is 1.26. The fourth-order valence-electron chi connectivity index (χ4n) is 7.03. The van der Waals surface area contributed by atoms with Crippen molar-refractivity contribution < 1.29 is 19.0 Å². The molecule has 5 aliphatic rings. The summed E-state index contributed by atoms with van der Waals surface area (Å²) in [7, 11) is 0. The van der Waals surface area contributed by atoms with Crippen molar-refractivity contribution in [2.45, 2.75) is 94.9 Å². The molecule has 2 N–H and O–H groups in total. The number of piperidine rings is 2. The number of nitrogens with one attached hydrogen (secondary N) is 1. The molecule has 4 bridgehead atoms. The van der Waals surface area contributed by atoms with Gasteiger partial charge in [-0.2, -0.15) is 0 Å². The van der Waals surface area contributed by atoms with Crippen LogP contribution in [0.2, 0.25) is 0 Å². The number of carbonyl (C=O) groups is 1. The Morgan fingerprint density at radius 3 is 2.65 bits per heavy atom. The van der Waals surface area contributed by atoms with Crippen molar-refractivity contribution in [3.8, 4) is 5.75 Å². The lowest BCUT2D eigenvalue weighted by atomic mass is 9.54. The average molecular weight is 427 g/mol. The first-order chi connectivity index (χ1) is 14.7. The van der Waals surface area contributed by atoms with Gasteiger partial charge in [0.2, 0.25) is 5.91 Å². The maximum atomic E-state index is 14.6. The lowest BCUT2D eigenvalue weighted by Gasteiger charge is -2.63. The van der Waals surface area contributed by atoms with Gasteiger partial charge in [-0.1, -0.05) is 13.8 Å². The summed E-state index contributed by atoms with van der Waals surface area (Å²) in [5, 5.41) is 11.7. The van der Waals surface area contributed by atoms with Gasteiger partial charge in [-0.25, -0.2) is 4.39 Å². The number of aromatic amines is 1. The van der Waals surface area contributed by atoms with E-state index in [1.54, 1.807) is 6.07 Å². The Labute approximate surface area is 181 Å². The minimum absolute atomic E-state index is 0.0551. The highest BCUT2D eigenvalue weighted by atomic mass is 19.1. The normalized spacial score (nSPS) is 35.0. The van der Waals surface area contributed by atoms with E-state index >= 15 is 0 Å². The molecular formula is C25H31FN2O3. The molecule has 5 fully saturated rings. The smallest absolute Gasteiger partial charge is 0.223 e. The highest BCUT2D eigenvalue weighted by Gasteiger charge is 2.59. The zero-order valence-corrected chi connectivity index (χ0v) is 18.3. The molecule has 6 heteroatoms. The molecule has 31 heavy (non-hydrogen) atoms. The molecule has 2 aliphatic heterocycles. The van der Waals surface area contributed by atoms with Gasteiger partial charge in [0.05, 0.1) is 11.7 Å².